The summed E-state index contributed by atoms with van der Waals surface area (Å²) < 4.78 is 16.1. The molecule has 144 valence electrons. The molecule has 0 aliphatic heterocycles. The monoisotopic (exact) mass is 369 g/mol. The molecule has 0 aromatic heterocycles. The third-order valence-corrected chi connectivity index (χ3v) is 4.11. The van der Waals surface area contributed by atoms with Crippen molar-refractivity contribution in [2.45, 2.75) is 20.4 Å². The van der Waals surface area contributed by atoms with Gasteiger partial charge in [0.05, 0.1) is 20.8 Å². The zero-order valence-corrected chi connectivity index (χ0v) is 16.4. The number of methoxy groups -OCH3 is 2. The number of benzene rings is 2. The number of nitrogens with zero attached hydrogens (tertiary/aromatic N) is 1. The van der Waals surface area contributed by atoms with Gasteiger partial charge < -0.3 is 19.1 Å². The van der Waals surface area contributed by atoms with Crippen molar-refractivity contribution in [2.24, 2.45) is 0 Å². The van der Waals surface area contributed by atoms with Crippen molar-refractivity contribution in [3.8, 4) is 17.2 Å². The summed E-state index contributed by atoms with van der Waals surface area (Å²) in [6.45, 7) is 5.57. The summed E-state index contributed by atoms with van der Waals surface area (Å²) in [6, 6.07) is 13.3. The summed E-state index contributed by atoms with van der Waals surface area (Å²) in [5.74, 6) is 2.09. The third kappa shape index (κ3) is 5.78. The fourth-order valence-electron chi connectivity index (χ4n) is 2.67. The van der Waals surface area contributed by atoms with E-state index in [0.29, 0.717) is 31.2 Å². The molecule has 0 N–H and O–H groups in total. The van der Waals surface area contributed by atoms with E-state index >= 15 is 0 Å². The molecule has 0 unspecified atom stereocenters. The normalized spacial score (nSPS) is 10.7. The highest BCUT2D eigenvalue weighted by Gasteiger charge is 2.12. The number of hydrogen-bond donors (Lipinski definition) is 0. The highest BCUT2D eigenvalue weighted by molar-refractivity contribution is 5.91. The van der Waals surface area contributed by atoms with Gasteiger partial charge in [-0.1, -0.05) is 18.2 Å². The lowest BCUT2D eigenvalue weighted by Crippen LogP contribution is -2.28. The van der Waals surface area contributed by atoms with Gasteiger partial charge in [0.25, 0.3) is 0 Å². The highest BCUT2D eigenvalue weighted by atomic mass is 16.5. The summed E-state index contributed by atoms with van der Waals surface area (Å²) >= 11 is 0. The molecule has 0 saturated carbocycles. The van der Waals surface area contributed by atoms with Crippen LogP contribution < -0.4 is 14.2 Å². The van der Waals surface area contributed by atoms with E-state index in [0.717, 1.165) is 16.9 Å². The van der Waals surface area contributed by atoms with Crippen LogP contribution in [-0.2, 0) is 11.3 Å². The van der Waals surface area contributed by atoms with E-state index in [1.807, 2.05) is 56.3 Å². The van der Waals surface area contributed by atoms with Gasteiger partial charge in [-0.25, -0.2) is 0 Å². The number of ether oxygens (including phenoxy) is 3. The van der Waals surface area contributed by atoms with E-state index in [1.54, 1.807) is 31.3 Å². The predicted molar refractivity (Wildman–Crippen MR) is 107 cm³/mol. The second-order valence-corrected chi connectivity index (χ2v) is 5.88. The molecule has 5 nitrogen and oxygen atoms in total. The molecule has 2 rings (SSSR count). The quantitative estimate of drug-likeness (QED) is 0.623. The van der Waals surface area contributed by atoms with Gasteiger partial charge in [0.1, 0.15) is 5.75 Å². The van der Waals surface area contributed by atoms with E-state index < -0.39 is 0 Å². The van der Waals surface area contributed by atoms with Crippen LogP contribution in [0.4, 0.5) is 0 Å². The molecular weight excluding hydrogens is 342 g/mol. The summed E-state index contributed by atoms with van der Waals surface area (Å²) in [5.41, 5.74) is 1.90. The molecule has 0 aliphatic rings. The summed E-state index contributed by atoms with van der Waals surface area (Å²) in [6.07, 6.45) is 3.39. The lowest BCUT2D eigenvalue weighted by molar-refractivity contribution is -0.126. The topological polar surface area (TPSA) is 48.0 Å². The van der Waals surface area contributed by atoms with Gasteiger partial charge in [-0.05, 0) is 55.3 Å². The first-order chi connectivity index (χ1) is 13.1. The minimum absolute atomic E-state index is 0.0480. The molecule has 0 atom stereocenters. The maximum absolute atomic E-state index is 12.6. The number of likely N-dealkylation sites (N-methyl/N-ethyl adjacent to an activating group) is 1. The first-order valence-corrected chi connectivity index (χ1v) is 9.02. The van der Waals surface area contributed by atoms with Gasteiger partial charge >= 0.3 is 0 Å². The Morgan fingerprint density at radius 2 is 1.85 bits per heavy atom. The Balaban J connectivity index is 2.09. The fraction of sp³-hybridized carbons (Fsp3) is 0.318. The van der Waals surface area contributed by atoms with Crippen molar-refractivity contribution in [3.63, 3.8) is 0 Å². The highest BCUT2D eigenvalue weighted by Crippen LogP contribution is 2.28. The maximum atomic E-state index is 12.6. The Morgan fingerprint density at radius 3 is 2.52 bits per heavy atom. The third-order valence-electron chi connectivity index (χ3n) is 4.11. The molecule has 0 bridgehead atoms. The van der Waals surface area contributed by atoms with Gasteiger partial charge in [0.15, 0.2) is 11.5 Å². The van der Waals surface area contributed by atoms with Crippen molar-refractivity contribution >= 4 is 12.0 Å². The van der Waals surface area contributed by atoms with E-state index in [2.05, 4.69) is 0 Å². The van der Waals surface area contributed by atoms with Crippen LogP contribution in [-0.4, -0.2) is 38.2 Å². The number of hydrogen-bond acceptors (Lipinski definition) is 4. The zero-order valence-electron chi connectivity index (χ0n) is 16.4. The van der Waals surface area contributed by atoms with Gasteiger partial charge in [-0.3, -0.25) is 4.79 Å². The van der Waals surface area contributed by atoms with E-state index in [-0.39, 0.29) is 5.91 Å². The van der Waals surface area contributed by atoms with Gasteiger partial charge in [-0.15, -0.1) is 0 Å². The van der Waals surface area contributed by atoms with Crippen LogP contribution in [0.2, 0.25) is 0 Å². The molecule has 27 heavy (non-hydrogen) atoms. The molecule has 0 aliphatic carbocycles. The fourth-order valence-corrected chi connectivity index (χ4v) is 2.67. The first kappa shape index (κ1) is 20.4. The second-order valence-electron chi connectivity index (χ2n) is 5.88. The Hall–Kier alpha value is -2.95. The SMILES string of the molecule is CCOc1ccc(CN(CC)C(=O)/C=C/c2cccc(OC)c2)cc1OC. The van der Waals surface area contributed by atoms with Crippen molar-refractivity contribution in [3.05, 3.63) is 59.7 Å². The first-order valence-electron chi connectivity index (χ1n) is 9.02. The number of carbonyl (C=O) groups is 1. The number of rotatable bonds is 9. The van der Waals surface area contributed by atoms with Gasteiger partial charge in [0.2, 0.25) is 5.91 Å². The minimum Gasteiger partial charge on any atom is -0.497 e. The van der Waals surface area contributed by atoms with Crippen molar-refractivity contribution in [1.29, 1.82) is 0 Å². The van der Waals surface area contributed by atoms with E-state index in [9.17, 15) is 4.79 Å². The van der Waals surface area contributed by atoms with Crippen LogP contribution in [0.5, 0.6) is 17.2 Å². The molecule has 0 radical (unpaired) electrons. The van der Waals surface area contributed by atoms with Crippen LogP contribution >= 0.6 is 0 Å². The van der Waals surface area contributed by atoms with Crippen LogP contribution in [0.1, 0.15) is 25.0 Å². The van der Waals surface area contributed by atoms with E-state index in [4.69, 9.17) is 14.2 Å². The lowest BCUT2D eigenvalue weighted by atomic mass is 10.1. The van der Waals surface area contributed by atoms with Crippen LogP contribution in [0, 0.1) is 0 Å². The average molecular weight is 369 g/mol. The average Bonchev–Trinajstić information content (AvgIpc) is 2.71. The Morgan fingerprint density at radius 1 is 1.04 bits per heavy atom. The van der Waals surface area contributed by atoms with Crippen LogP contribution in [0.25, 0.3) is 6.08 Å². The Kier molecular flexibility index (Phi) is 7.74. The lowest BCUT2D eigenvalue weighted by Gasteiger charge is -2.20. The van der Waals surface area contributed by atoms with Gasteiger partial charge in [0, 0.05) is 19.2 Å². The zero-order chi connectivity index (χ0) is 19.6. The standard InChI is InChI=1S/C22H27NO4/c1-5-23(16-18-10-12-20(27-6-2)21(15-18)26-4)22(24)13-11-17-8-7-9-19(14-17)25-3/h7-15H,5-6,16H2,1-4H3/b13-11+. The summed E-state index contributed by atoms with van der Waals surface area (Å²) in [7, 11) is 3.24. The largest absolute Gasteiger partial charge is 0.497 e. The van der Waals surface area contributed by atoms with Crippen molar-refractivity contribution in [1.82, 2.24) is 4.90 Å². The van der Waals surface area contributed by atoms with Crippen LogP contribution in [0.3, 0.4) is 0 Å². The second kappa shape index (κ2) is 10.3. The molecule has 2 aromatic carbocycles. The van der Waals surface area contributed by atoms with Crippen molar-refractivity contribution in [2.75, 3.05) is 27.4 Å². The maximum Gasteiger partial charge on any atom is 0.246 e. The number of amides is 1. The molecular formula is C22H27NO4. The molecule has 0 fully saturated rings. The van der Waals surface area contributed by atoms with Gasteiger partial charge in [-0.2, -0.15) is 0 Å². The molecule has 5 heteroatoms. The molecule has 1 amide bonds. The summed E-state index contributed by atoms with van der Waals surface area (Å²) in [5, 5.41) is 0. The van der Waals surface area contributed by atoms with E-state index in [1.165, 1.54) is 0 Å². The molecule has 0 saturated heterocycles. The minimum atomic E-state index is -0.0480. The number of carbonyl (C=O) groups excluding carboxylic acids is 1. The Bertz CT molecular complexity index is 786. The Labute approximate surface area is 161 Å². The smallest absolute Gasteiger partial charge is 0.246 e. The van der Waals surface area contributed by atoms with Crippen LogP contribution in [0.15, 0.2) is 48.5 Å². The van der Waals surface area contributed by atoms with Crippen molar-refractivity contribution < 1.29 is 19.0 Å². The molecule has 2 aromatic rings. The summed E-state index contributed by atoms with van der Waals surface area (Å²) in [4.78, 5) is 14.4. The predicted octanol–water partition coefficient (Wildman–Crippen LogP) is 4.16. The molecule has 0 spiro atoms. The molecule has 0 heterocycles.